The van der Waals surface area contributed by atoms with E-state index < -0.39 is 10.0 Å². The molecule has 1 aromatic heterocycles. The molecule has 0 spiro atoms. The predicted octanol–water partition coefficient (Wildman–Crippen LogP) is 1.92. The number of hydrogen-bond acceptors (Lipinski definition) is 4. The SMILES string of the molecule is CN(C)S(=O)(=O)c1ccc2c(c1)N(C(=O)c1cccnc1)CCC2. The van der Waals surface area contributed by atoms with Gasteiger partial charge in [0.1, 0.15) is 0 Å². The molecule has 0 fully saturated rings. The lowest BCUT2D eigenvalue weighted by molar-refractivity contribution is 0.0984. The van der Waals surface area contributed by atoms with Gasteiger partial charge in [-0.25, -0.2) is 12.7 Å². The molecule has 1 aliphatic heterocycles. The minimum atomic E-state index is -3.54. The molecule has 1 aliphatic rings. The smallest absolute Gasteiger partial charge is 0.259 e. The molecule has 3 rings (SSSR count). The number of rotatable bonds is 3. The molecule has 0 bridgehead atoms. The number of hydrogen-bond donors (Lipinski definition) is 0. The lowest BCUT2D eigenvalue weighted by Gasteiger charge is -2.30. The summed E-state index contributed by atoms with van der Waals surface area (Å²) in [5, 5.41) is 0. The molecule has 1 amide bonds. The maximum atomic E-state index is 12.8. The zero-order chi connectivity index (χ0) is 17.3. The van der Waals surface area contributed by atoms with Crippen molar-refractivity contribution in [2.45, 2.75) is 17.7 Å². The Labute approximate surface area is 141 Å². The van der Waals surface area contributed by atoms with Crippen LogP contribution < -0.4 is 4.90 Å². The molecule has 2 heterocycles. The standard InChI is InChI=1S/C17H19N3O3S/c1-19(2)24(22,23)15-8-7-13-6-4-10-20(16(13)11-15)17(21)14-5-3-9-18-12-14/h3,5,7-9,11-12H,4,6,10H2,1-2H3. The van der Waals surface area contributed by atoms with Crippen molar-refractivity contribution in [1.29, 1.82) is 0 Å². The van der Waals surface area contributed by atoms with Crippen molar-refractivity contribution < 1.29 is 13.2 Å². The van der Waals surface area contributed by atoms with Crippen LogP contribution in [0.15, 0.2) is 47.6 Å². The highest BCUT2D eigenvalue weighted by Crippen LogP contribution is 2.31. The number of amides is 1. The first-order chi connectivity index (χ1) is 11.4. The number of benzene rings is 1. The lowest BCUT2D eigenvalue weighted by Crippen LogP contribution is -2.36. The van der Waals surface area contributed by atoms with Crippen LogP contribution in [-0.2, 0) is 16.4 Å². The highest BCUT2D eigenvalue weighted by molar-refractivity contribution is 7.89. The number of carbonyl (C=O) groups is 1. The maximum Gasteiger partial charge on any atom is 0.259 e. The summed E-state index contributed by atoms with van der Waals surface area (Å²) >= 11 is 0. The van der Waals surface area contributed by atoms with Crippen LogP contribution in [0.5, 0.6) is 0 Å². The number of nitrogens with zero attached hydrogens (tertiary/aromatic N) is 3. The van der Waals surface area contributed by atoms with E-state index in [9.17, 15) is 13.2 Å². The first kappa shape index (κ1) is 16.6. The molecule has 1 aromatic carbocycles. The van der Waals surface area contributed by atoms with Gasteiger partial charge in [-0.15, -0.1) is 0 Å². The average molecular weight is 345 g/mol. The Balaban J connectivity index is 2.05. The number of pyridine rings is 1. The number of aryl methyl sites for hydroxylation is 1. The van der Waals surface area contributed by atoms with E-state index >= 15 is 0 Å². The van der Waals surface area contributed by atoms with E-state index in [4.69, 9.17) is 0 Å². The number of fused-ring (bicyclic) bond motifs is 1. The van der Waals surface area contributed by atoms with Crippen molar-refractivity contribution in [3.63, 3.8) is 0 Å². The van der Waals surface area contributed by atoms with E-state index in [1.165, 1.54) is 24.6 Å². The van der Waals surface area contributed by atoms with Crippen molar-refractivity contribution in [3.05, 3.63) is 53.9 Å². The highest BCUT2D eigenvalue weighted by atomic mass is 32.2. The zero-order valence-corrected chi connectivity index (χ0v) is 14.5. The minimum Gasteiger partial charge on any atom is -0.308 e. The summed E-state index contributed by atoms with van der Waals surface area (Å²) in [7, 11) is -0.554. The Hall–Kier alpha value is -2.25. The predicted molar refractivity (Wildman–Crippen MR) is 91.5 cm³/mol. The van der Waals surface area contributed by atoms with Crippen molar-refractivity contribution in [1.82, 2.24) is 9.29 Å². The second kappa shape index (κ2) is 6.33. The Morgan fingerprint density at radius 2 is 2.04 bits per heavy atom. The van der Waals surface area contributed by atoms with Gasteiger partial charge >= 0.3 is 0 Å². The molecule has 0 atom stereocenters. The number of aromatic nitrogens is 1. The van der Waals surface area contributed by atoms with Crippen LogP contribution in [-0.4, -0.2) is 44.3 Å². The molecule has 2 aromatic rings. The van der Waals surface area contributed by atoms with E-state index in [1.807, 2.05) is 0 Å². The monoisotopic (exact) mass is 345 g/mol. The molecule has 0 saturated heterocycles. The largest absolute Gasteiger partial charge is 0.308 e. The summed E-state index contributed by atoms with van der Waals surface area (Å²) in [5.74, 6) is -0.163. The van der Waals surface area contributed by atoms with Crippen LogP contribution in [0.4, 0.5) is 5.69 Å². The molecule has 126 valence electrons. The Bertz CT molecular complexity index is 864. The second-order valence-electron chi connectivity index (χ2n) is 5.88. The van der Waals surface area contributed by atoms with Crippen LogP contribution in [0.25, 0.3) is 0 Å². The van der Waals surface area contributed by atoms with Crippen molar-refractivity contribution in [2.75, 3.05) is 25.5 Å². The van der Waals surface area contributed by atoms with E-state index in [0.29, 0.717) is 17.8 Å². The summed E-state index contributed by atoms with van der Waals surface area (Å²) in [4.78, 5) is 18.6. The molecule has 6 nitrogen and oxygen atoms in total. The highest BCUT2D eigenvalue weighted by Gasteiger charge is 2.26. The lowest BCUT2D eigenvalue weighted by atomic mass is 10.0. The summed E-state index contributed by atoms with van der Waals surface area (Å²) in [6, 6.07) is 8.42. The summed E-state index contributed by atoms with van der Waals surface area (Å²) in [6.07, 6.45) is 4.81. The van der Waals surface area contributed by atoms with E-state index in [2.05, 4.69) is 4.98 Å². The molecule has 0 radical (unpaired) electrons. The normalized spacial score (nSPS) is 14.5. The summed E-state index contributed by atoms with van der Waals surface area (Å²) < 4.78 is 25.9. The molecular weight excluding hydrogens is 326 g/mol. The molecule has 0 unspecified atom stereocenters. The third-order valence-corrected chi connectivity index (χ3v) is 5.92. The van der Waals surface area contributed by atoms with Gasteiger partial charge in [0.15, 0.2) is 0 Å². The van der Waals surface area contributed by atoms with Gasteiger partial charge in [0, 0.05) is 38.7 Å². The minimum absolute atomic E-state index is 0.163. The average Bonchev–Trinajstić information content (AvgIpc) is 2.60. The van der Waals surface area contributed by atoms with Crippen molar-refractivity contribution in [3.8, 4) is 0 Å². The molecular formula is C17H19N3O3S. The Morgan fingerprint density at radius 1 is 1.25 bits per heavy atom. The van der Waals surface area contributed by atoms with Crippen molar-refractivity contribution >= 4 is 21.6 Å². The van der Waals surface area contributed by atoms with Crippen LogP contribution in [0.2, 0.25) is 0 Å². The number of carbonyl (C=O) groups excluding carboxylic acids is 1. The van der Waals surface area contributed by atoms with Gasteiger partial charge in [-0.1, -0.05) is 6.07 Å². The summed E-state index contributed by atoms with van der Waals surface area (Å²) in [6.45, 7) is 0.562. The van der Waals surface area contributed by atoms with E-state index in [0.717, 1.165) is 18.4 Å². The van der Waals surface area contributed by atoms with Crippen molar-refractivity contribution in [2.24, 2.45) is 0 Å². The van der Waals surface area contributed by atoms with Gasteiger partial charge < -0.3 is 4.90 Å². The fraction of sp³-hybridized carbons (Fsp3) is 0.294. The van der Waals surface area contributed by atoms with Gasteiger partial charge in [0.2, 0.25) is 10.0 Å². The first-order valence-electron chi connectivity index (χ1n) is 7.68. The third-order valence-electron chi connectivity index (χ3n) is 4.11. The van der Waals surface area contributed by atoms with Gasteiger partial charge in [-0.3, -0.25) is 9.78 Å². The molecule has 0 N–H and O–H groups in total. The molecule has 7 heteroatoms. The fourth-order valence-corrected chi connectivity index (χ4v) is 3.70. The second-order valence-corrected chi connectivity index (χ2v) is 8.03. The van der Waals surface area contributed by atoms with Crippen LogP contribution in [0.3, 0.4) is 0 Å². The topological polar surface area (TPSA) is 70.6 Å². The quantitative estimate of drug-likeness (QED) is 0.852. The van der Waals surface area contributed by atoms with Gasteiger partial charge in [0.25, 0.3) is 5.91 Å². The molecule has 24 heavy (non-hydrogen) atoms. The fourth-order valence-electron chi connectivity index (χ4n) is 2.78. The van der Waals surface area contributed by atoms with Crippen LogP contribution >= 0.6 is 0 Å². The van der Waals surface area contributed by atoms with E-state index in [1.54, 1.807) is 41.4 Å². The Morgan fingerprint density at radius 3 is 2.71 bits per heavy atom. The third kappa shape index (κ3) is 2.92. The van der Waals surface area contributed by atoms with Crippen LogP contribution in [0, 0.1) is 0 Å². The van der Waals surface area contributed by atoms with Gasteiger partial charge in [-0.05, 0) is 42.7 Å². The summed E-state index contributed by atoms with van der Waals surface area (Å²) in [5.41, 5.74) is 2.14. The molecule has 0 aliphatic carbocycles. The first-order valence-corrected chi connectivity index (χ1v) is 9.12. The number of anilines is 1. The van der Waals surface area contributed by atoms with Gasteiger partial charge in [-0.2, -0.15) is 0 Å². The van der Waals surface area contributed by atoms with Crippen LogP contribution in [0.1, 0.15) is 22.3 Å². The van der Waals surface area contributed by atoms with Gasteiger partial charge in [0.05, 0.1) is 10.5 Å². The maximum absolute atomic E-state index is 12.8. The molecule has 0 saturated carbocycles. The Kier molecular flexibility index (Phi) is 4.38. The van der Waals surface area contributed by atoms with E-state index in [-0.39, 0.29) is 10.8 Å². The zero-order valence-electron chi connectivity index (χ0n) is 13.6. The number of sulfonamides is 1.